The van der Waals surface area contributed by atoms with Crippen LogP contribution in [0.4, 0.5) is 5.69 Å². The molecule has 0 saturated carbocycles. The van der Waals surface area contributed by atoms with Gasteiger partial charge in [-0.3, -0.25) is 4.79 Å². The first-order valence-electron chi connectivity index (χ1n) is 5.71. The monoisotopic (exact) mass is 412 g/mol. The third kappa shape index (κ3) is 3.79. The minimum absolute atomic E-state index is 0.0110. The highest BCUT2D eigenvalue weighted by molar-refractivity contribution is 9.10. The fraction of sp³-hybridized carbons (Fsp3) is 0. The number of nitrogens with two attached hydrogens (primary N) is 1. The van der Waals surface area contributed by atoms with Crippen molar-refractivity contribution in [3.8, 4) is 0 Å². The predicted molar refractivity (Wildman–Crippen MR) is 86.5 cm³/mol. The third-order valence-electron chi connectivity index (χ3n) is 2.58. The first-order chi connectivity index (χ1) is 10.0. The summed E-state index contributed by atoms with van der Waals surface area (Å²) < 4.78 is 1.40. The Kier molecular flexibility index (Phi) is 4.92. The molecule has 0 atom stereocenters. The van der Waals surface area contributed by atoms with Gasteiger partial charge in [-0.15, -0.1) is 0 Å². The van der Waals surface area contributed by atoms with E-state index in [1.165, 1.54) is 0 Å². The summed E-state index contributed by atoms with van der Waals surface area (Å²) >= 11 is 6.58. The third-order valence-corrected chi connectivity index (χ3v) is 3.71. The summed E-state index contributed by atoms with van der Waals surface area (Å²) in [6, 6.07) is 8.26. The van der Waals surface area contributed by atoms with Crippen molar-refractivity contribution in [3.63, 3.8) is 0 Å². The lowest BCUT2D eigenvalue weighted by Gasteiger charge is -2.08. The Balaban J connectivity index is 2.20. The summed E-state index contributed by atoms with van der Waals surface area (Å²) in [6.07, 6.45) is 1.55. The molecule has 0 bridgehead atoms. The molecular weight excluding hydrogens is 404 g/mol. The van der Waals surface area contributed by atoms with Crippen LogP contribution in [-0.4, -0.2) is 21.9 Å². The number of amides is 1. The molecule has 21 heavy (non-hydrogen) atoms. The van der Waals surface area contributed by atoms with Gasteiger partial charge in [0.25, 0.3) is 5.91 Å². The molecule has 0 unspecified atom stereocenters. The molecule has 0 aliphatic rings. The smallest absolute Gasteiger partial charge is 0.274 e. The van der Waals surface area contributed by atoms with Gasteiger partial charge in [0.1, 0.15) is 5.69 Å². The van der Waals surface area contributed by atoms with Gasteiger partial charge in [0.15, 0.2) is 5.84 Å². The average molecular weight is 414 g/mol. The Bertz CT molecular complexity index is 702. The van der Waals surface area contributed by atoms with Gasteiger partial charge < -0.3 is 16.3 Å². The van der Waals surface area contributed by atoms with E-state index in [9.17, 15) is 4.79 Å². The van der Waals surface area contributed by atoms with Crippen molar-refractivity contribution in [2.24, 2.45) is 10.9 Å². The van der Waals surface area contributed by atoms with E-state index in [1.54, 1.807) is 36.5 Å². The number of rotatable bonds is 3. The average Bonchev–Trinajstić information content (AvgIpc) is 2.49. The number of carbonyl (C=O) groups is 1. The normalized spacial score (nSPS) is 11.2. The number of hydrogen-bond acceptors (Lipinski definition) is 4. The van der Waals surface area contributed by atoms with Gasteiger partial charge in [-0.1, -0.05) is 5.16 Å². The van der Waals surface area contributed by atoms with Crippen molar-refractivity contribution >= 4 is 49.3 Å². The molecule has 108 valence electrons. The van der Waals surface area contributed by atoms with Gasteiger partial charge in [0, 0.05) is 20.7 Å². The Morgan fingerprint density at radius 1 is 1.29 bits per heavy atom. The zero-order valence-electron chi connectivity index (χ0n) is 10.5. The van der Waals surface area contributed by atoms with Gasteiger partial charge >= 0.3 is 0 Å². The molecule has 0 saturated heterocycles. The molecular formula is C13H10Br2N4O2. The van der Waals surface area contributed by atoms with Crippen LogP contribution in [0, 0.1) is 0 Å². The number of nitrogens with zero attached hydrogens (tertiary/aromatic N) is 2. The number of oxime groups is 1. The van der Waals surface area contributed by atoms with E-state index >= 15 is 0 Å². The molecule has 4 N–H and O–H groups in total. The van der Waals surface area contributed by atoms with E-state index in [4.69, 9.17) is 10.9 Å². The van der Waals surface area contributed by atoms with E-state index in [0.29, 0.717) is 21.4 Å². The largest absolute Gasteiger partial charge is 0.409 e. The van der Waals surface area contributed by atoms with Crippen LogP contribution in [0.1, 0.15) is 16.1 Å². The van der Waals surface area contributed by atoms with E-state index in [1.807, 2.05) is 0 Å². The first-order valence-corrected chi connectivity index (χ1v) is 7.30. The molecule has 0 aliphatic carbocycles. The second kappa shape index (κ2) is 6.68. The molecule has 2 aromatic rings. The Morgan fingerprint density at radius 3 is 2.62 bits per heavy atom. The highest BCUT2D eigenvalue weighted by Crippen LogP contribution is 2.24. The molecule has 1 aromatic heterocycles. The molecule has 8 heteroatoms. The summed E-state index contributed by atoms with van der Waals surface area (Å²) in [5, 5.41) is 14.3. The zero-order chi connectivity index (χ0) is 15.4. The summed E-state index contributed by atoms with van der Waals surface area (Å²) in [4.78, 5) is 16.1. The number of pyridine rings is 1. The SMILES string of the molecule is N/C(=N/O)c1ccc(NC(=O)c2ccc(Br)cn2)c(Br)c1. The van der Waals surface area contributed by atoms with Crippen LogP contribution in [0.5, 0.6) is 0 Å². The van der Waals surface area contributed by atoms with Gasteiger partial charge in [-0.2, -0.15) is 0 Å². The summed E-state index contributed by atoms with van der Waals surface area (Å²) in [7, 11) is 0. The summed E-state index contributed by atoms with van der Waals surface area (Å²) in [5.74, 6) is -0.345. The molecule has 0 aliphatic heterocycles. The van der Waals surface area contributed by atoms with Gasteiger partial charge in [0.2, 0.25) is 0 Å². The molecule has 1 heterocycles. The number of halogens is 2. The number of benzene rings is 1. The topological polar surface area (TPSA) is 101 Å². The Hall–Kier alpha value is -1.93. The van der Waals surface area contributed by atoms with E-state index in [-0.39, 0.29) is 11.7 Å². The van der Waals surface area contributed by atoms with E-state index < -0.39 is 0 Å². The summed E-state index contributed by atoms with van der Waals surface area (Å²) in [6.45, 7) is 0. The standard InChI is InChI=1S/C13H10Br2N4O2/c14-8-2-4-11(17-6-8)13(20)18-10-3-1-7(5-9(10)15)12(16)19-21/h1-6,21H,(H2,16,19)(H,18,20). The Morgan fingerprint density at radius 2 is 2.05 bits per heavy atom. The van der Waals surface area contributed by atoms with Crippen molar-refractivity contribution < 1.29 is 10.0 Å². The van der Waals surface area contributed by atoms with Crippen molar-refractivity contribution in [2.75, 3.05) is 5.32 Å². The van der Waals surface area contributed by atoms with Crippen LogP contribution in [0.25, 0.3) is 0 Å². The lowest BCUT2D eigenvalue weighted by Crippen LogP contribution is -2.15. The molecule has 0 fully saturated rings. The quantitative estimate of drug-likeness (QED) is 0.311. The number of carbonyl (C=O) groups excluding carboxylic acids is 1. The van der Waals surface area contributed by atoms with E-state index in [0.717, 1.165) is 4.47 Å². The van der Waals surface area contributed by atoms with Crippen molar-refractivity contribution in [2.45, 2.75) is 0 Å². The lowest BCUT2D eigenvalue weighted by atomic mass is 10.2. The fourth-order valence-electron chi connectivity index (χ4n) is 1.53. The Labute approximate surface area is 137 Å². The maximum absolute atomic E-state index is 12.1. The molecule has 0 radical (unpaired) electrons. The second-order valence-corrected chi connectivity index (χ2v) is 5.77. The molecule has 1 aromatic carbocycles. The fourth-order valence-corrected chi connectivity index (χ4v) is 2.24. The molecule has 6 nitrogen and oxygen atoms in total. The van der Waals surface area contributed by atoms with Crippen LogP contribution in [0.3, 0.4) is 0 Å². The van der Waals surface area contributed by atoms with Gasteiger partial charge in [-0.05, 0) is 62.2 Å². The van der Waals surface area contributed by atoms with Crippen LogP contribution in [0.15, 0.2) is 50.6 Å². The maximum Gasteiger partial charge on any atom is 0.274 e. The van der Waals surface area contributed by atoms with Crippen LogP contribution < -0.4 is 11.1 Å². The number of hydrogen-bond donors (Lipinski definition) is 3. The van der Waals surface area contributed by atoms with Crippen LogP contribution >= 0.6 is 31.9 Å². The van der Waals surface area contributed by atoms with Gasteiger partial charge in [0.05, 0.1) is 5.69 Å². The summed E-state index contributed by atoms with van der Waals surface area (Å²) in [5.41, 5.74) is 6.88. The number of nitrogens with one attached hydrogen (secondary N) is 1. The van der Waals surface area contributed by atoms with Crippen molar-refractivity contribution in [3.05, 3.63) is 56.7 Å². The number of anilines is 1. The second-order valence-electron chi connectivity index (χ2n) is 4.00. The van der Waals surface area contributed by atoms with Crippen LogP contribution in [0.2, 0.25) is 0 Å². The predicted octanol–water partition coefficient (Wildman–Crippen LogP) is 2.95. The minimum Gasteiger partial charge on any atom is -0.409 e. The van der Waals surface area contributed by atoms with E-state index in [2.05, 4.69) is 47.3 Å². The number of aromatic nitrogens is 1. The molecule has 1 amide bonds. The maximum atomic E-state index is 12.1. The first kappa shape index (κ1) is 15.5. The highest BCUT2D eigenvalue weighted by atomic mass is 79.9. The zero-order valence-corrected chi connectivity index (χ0v) is 13.7. The van der Waals surface area contributed by atoms with Crippen LogP contribution in [-0.2, 0) is 0 Å². The highest BCUT2D eigenvalue weighted by Gasteiger charge is 2.11. The molecule has 0 spiro atoms. The minimum atomic E-state index is -0.334. The van der Waals surface area contributed by atoms with Crippen molar-refractivity contribution in [1.29, 1.82) is 0 Å². The molecule has 2 rings (SSSR count). The number of amidine groups is 1. The van der Waals surface area contributed by atoms with Gasteiger partial charge in [-0.25, -0.2) is 4.98 Å². The lowest BCUT2D eigenvalue weighted by molar-refractivity contribution is 0.102. The van der Waals surface area contributed by atoms with Crippen molar-refractivity contribution in [1.82, 2.24) is 4.98 Å².